The smallest absolute Gasteiger partial charge is 0.253 e. The van der Waals surface area contributed by atoms with E-state index in [0.717, 1.165) is 0 Å². The molecule has 0 aliphatic rings. The van der Waals surface area contributed by atoms with Crippen LogP contribution in [0, 0.1) is 5.82 Å². The van der Waals surface area contributed by atoms with Gasteiger partial charge in [0.15, 0.2) is 11.7 Å². The van der Waals surface area contributed by atoms with E-state index in [1.807, 2.05) is 6.92 Å². The summed E-state index contributed by atoms with van der Waals surface area (Å²) in [5.41, 5.74) is 1.57. The number of carbonyl (C=O) groups excluding carboxylic acids is 2. The third-order valence-corrected chi connectivity index (χ3v) is 4.03. The average Bonchev–Trinajstić information content (AvgIpc) is 3.16. The van der Waals surface area contributed by atoms with Gasteiger partial charge < -0.3 is 15.1 Å². The fourth-order valence-electron chi connectivity index (χ4n) is 2.65. The second kappa shape index (κ2) is 8.94. The molecule has 1 aromatic heterocycles. The molecule has 7 heteroatoms. The summed E-state index contributed by atoms with van der Waals surface area (Å²) < 4.78 is 18.6. The number of nitrogens with zero attached hydrogens (tertiary/aromatic N) is 1. The molecular formula is C21H20FN3O3. The summed E-state index contributed by atoms with van der Waals surface area (Å²) >= 11 is 0. The van der Waals surface area contributed by atoms with Crippen LogP contribution in [-0.4, -0.2) is 23.3 Å². The Morgan fingerprint density at radius 1 is 1.11 bits per heavy atom. The van der Waals surface area contributed by atoms with Crippen molar-refractivity contribution in [3.05, 3.63) is 72.0 Å². The van der Waals surface area contributed by atoms with Crippen LogP contribution in [0.4, 0.5) is 10.1 Å². The van der Waals surface area contributed by atoms with Gasteiger partial charge in [-0.15, -0.1) is 0 Å². The summed E-state index contributed by atoms with van der Waals surface area (Å²) in [7, 11) is 0. The highest BCUT2D eigenvalue weighted by Crippen LogP contribution is 2.21. The van der Waals surface area contributed by atoms with Crippen LogP contribution in [0.25, 0.3) is 11.3 Å². The number of amides is 2. The minimum atomic E-state index is -0.326. The van der Waals surface area contributed by atoms with Crippen LogP contribution in [0.5, 0.6) is 0 Å². The van der Waals surface area contributed by atoms with E-state index in [1.165, 1.54) is 12.1 Å². The molecule has 0 saturated carbocycles. The Morgan fingerprint density at radius 3 is 2.61 bits per heavy atom. The molecule has 0 bridgehead atoms. The third kappa shape index (κ3) is 4.82. The second-order valence-electron chi connectivity index (χ2n) is 6.08. The lowest BCUT2D eigenvalue weighted by Crippen LogP contribution is -2.24. The van der Waals surface area contributed by atoms with Gasteiger partial charge in [0.2, 0.25) is 5.91 Å². The molecule has 0 fully saturated rings. The normalized spacial score (nSPS) is 10.5. The van der Waals surface area contributed by atoms with Crippen molar-refractivity contribution in [2.24, 2.45) is 0 Å². The zero-order valence-electron chi connectivity index (χ0n) is 15.4. The molecule has 6 nitrogen and oxygen atoms in total. The fraction of sp³-hybridized carbons (Fsp3) is 0.190. The molecule has 2 N–H and O–H groups in total. The number of halogens is 1. The predicted molar refractivity (Wildman–Crippen MR) is 103 cm³/mol. The third-order valence-electron chi connectivity index (χ3n) is 4.03. The average molecular weight is 381 g/mol. The number of aromatic nitrogens is 1. The van der Waals surface area contributed by atoms with E-state index in [4.69, 9.17) is 4.42 Å². The minimum Gasteiger partial charge on any atom is -0.441 e. The monoisotopic (exact) mass is 381 g/mol. The van der Waals surface area contributed by atoms with Crippen LogP contribution in [0.3, 0.4) is 0 Å². The van der Waals surface area contributed by atoms with Crippen molar-refractivity contribution in [2.45, 2.75) is 19.8 Å². The summed E-state index contributed by atoms with van der Waals surface area (Å²) in [6, 6.07) is 12.7. The summed E-state index contributed by atoms with van der Waals surface area (Å²) in [5, 5.41) is 5.47. The molecular weight excluding hydrogens is 361 g/mol. The number of anilines is 1. The largest absolute Gasteiger partial charge is 0.441 e. The van der Waals surface area contributed by atoms with E-state index >= 15 is 0 Å². The molecule has 1 heterocycles. The first-order valence-corrected chi connectivity index (χ1v) is 8.94. The van der Waals surface area contributed by atoms with Crippen molar-refractivity contribution in [3.63, 3.8) is 0 Å². The van der Waals surface area contributed by atoms with Crippen LogP contribution in [0.15, 0.2) is 59.1 Å². The molecule has 0 radical (unpaired) electrons. The first kappa shape index (κ1) is 19.3. The number of hydrogen-bond acceptors (Lipinski definition) is 4. The number of benzene rings is 2. The number of rotatable bonds is 7. The Balaban J connectivity index is 1.60. The Hall–Kier alpha value is -3.48. The van der Waals surface area contributed by atoms with Gasteiger partial charge in [-0.05, 0) is 43.3 Å². The Morgan fingerprint density at radius 2 is 1.86 bits per heavy atom. The zero-order chi connectivity index (χ0) is 19.9. The standard InChI is InChI=1S/C21H20FN3O3/c1-2-23-21(27)16-5-3-4-6-17(16)25-19(26)11-12-20-24-13-18(28-20)14-7-9-15(22)10-8-14/h3-10,13H,2,11-12H2,1H3,(H,23,27)(H,25,26). The van der Waals surface area contributed by atoms with E-state index in [-0.39, 0.29) is 24.1 Å². The van der Waals surface area contributed by atoms with E-state index in [1.54, 1.807) is 42.6 Å². The Kier molecular flexibility index (Phi) is 6.16. The van der Waals surface area contributed by atoms with Crippen LogP contribution < -0.4 is 10.6 Å². The molecule has 0 saturated heterocycles. The minimum absolute atomic E-state index is 0.146. The van der Waals surface area contributed by atoms with Gasteiger partial charge in [-0.3, -0.25) is 9.59 Å². The van der Waals surface area contributed by atoms with Gasteiger partial charge in [-0.25, -0.2) is 9.37 Å². The highest BCUT2D eigenvalue weighted by Gasteiger charge is 2.13. The van der Waals surface area contributed by atoms with Crippen molar-refractivity contribution in [1.82, 2.24) is 10.3 Å². The molecule has 0 spiro atoms. The molecule has 0 atom stereocenters. The number of nitrogens with one attached hydrogen (secondary N) is 2. The quantitative estimate of drug-likeness (QED) is 0.652. The van der Waals surface area contributed by atoms with Crippen molar-refractivity contribution in [3.8, 4) is 11.3 Å². The van der Waals surface area contributed by atoms with Crippen molar-refractivity contribution >= 4 is 17.5 Å². The maximum atomic E-state index is 13.0. The summed E-state index contributed by atoms with van der Waals surface area (Å²) in [6.45, 7) is 2.33. The molecule has 0 aliphatic heterocycles. The van der Waals surface area contributed by atoms with Crippen LogP contribution in [0.1, 0.15) is 29.6 Å². The zero-order valence-corrected chi connectivity index (χ0v) is 15.4. The molecule has 0 unspecified atom stereocenters. The number of aryl methyl sites for hydroxylation is 1. The highest BCUT2D eigenvalue weighted by atomic mass is 19.1. The van der Waals surface area contributed by atoms with E-state index < -0.39 is 0 Å². The highest BCUT2D eigenvalue weighted by molar-refractivity contribution is 6.03. The fourth-order valence-corrected chi connectivity index (χ4v) is 2.65. The van der Waals surface area contributed by atoms with Gasteiger partial charge in [0.1, 0.15) is 5.82 Å². The predicted octanol–water partition coefficient (Wildman–Crippen LogP) is 3.80. The molecule has 0 aliphatic carbocycles. The van der Waals surface area contributed by atoms with Crippen LogP contribution in [-0.2, 0) is 11.2 Å². The van der Waals surface area contributed by atoms with Crippen molar-refractivity contribution < 1.29 is 18.4 Å². The maximum absolute atomic E-state index is 13.0. The lowest BCUT2D eigenvalue weighted by Gasteiger charge is -2.10. The molecule has 3 aromatic rings. The van der Waals surface area contributed by atoms with Gasteiger partial charge in [0.05, 0.1) is 17.4 Å². The summed E-state index contributed by atoms with van der Waals surface area (Å²) in [6.07, 6.45) is 1.99. The second-order valence-corrected chi connectivity index (χ2v) is 6.08. The SMILES string of the molecule is CCNC(=O)c1ccccc1NC(=O)CCc1ncc(-c2ccc(F)cc2)o1. The van der Waals surface area contributed by atoms with Crippen LogP contribution in [0.2, 0.25) is 0 Å². The maximum Gasteiger partial charge on any atom is 0.253 e. The first-order chi connectivity index (χ1) is 13.6. The number of carbonyl (C=O) groups is 2. The van der Waals surface area contributed by atoms with Crippen molar-refractivity contribution in [1.29, 1.82) is 0 Å². The molecule has 3 rings (SSSR count). The number of para-hydroxylation sites is 1. The molecule has 144 valence electrons. The van der Waals surface area contributed by atoms with Gasteiger partial charge in [0.25, 0.3) is 5.91 Å². The van der Waals surface area contributed by atoms with E-state index in [2.05, 4.69) is 15.6 Å². The molecule has 2 amide bonds. The lowest BCUT2D eigenvalue weighted by atomic mass is 10.1. The van der Waals surface area contributed by atoms with Crippen molar-refractivity contribution in [2.75, 3.05) is 11.9 Å². The summed E-state index contributed by atoms with van der Waals surface area (Å²) in [5.74, 6) is 0.102. The van der Waals surface area contributed by atoms with E-state index in [9.17, 15) is 14.0 Å². The van der Waals surface area contributed by atoms with Gasteiger partial charge in [0, 0.05) is 24.9 Å². The number of hydrogen-bond donors (Lipinski definition) is 2. The van der Waals surface area contributed by atoms with Crippen LogP contribution >= 0.6 is 0 Å². The lowest BCUT2D eigenvalue weighted by molar-refractivity contribution is -0.116. The van der Waals surface area contributed by atoms with E-state index in [0.29, 0.717) is 41.4 Å². The Bertz CT molecular complexity index is 967. The topological polar surface area (TPSA) is 84.2 Å². The van der Waals surface area contributed by atoms with Gasteiger partial charge >= 0.3 is 0 Å². The Labute approximate surface area is 161 Å². The number of oxazole rings is 1. The summed E-state index contributed by atoms with van der Waals surface area (Å²) in [4.78, 5) is 28.5. The molecule has 28 heavy (non-hydrogen) atoms. The molecule has 2 aromatic carbocycles. The first-order valence-electron chi connectivity index (χ1n) is 8.94. The van der Waals surface area contributed by atoms with Gasteiger partial charge in [-0.2, -0.15) is 0 Å². The van der Waals surface area contributed by atoms with Gasteiger partial charge in [-0.1, -0.05) is 12.1 Å².